The molecule has 0 bridgehead atoms. The van der Waals surface area contributed by atoms with Crippen LogP contribution in [0, 0.1) is 12.8 Å². The van der Waals surface area contributed by atoms with Crippen molar-refractivity contribution >= 4 is 11.8 Å². The first-order chi connectivity index (χ1) is 8.65. The number of rotatable bonds is 4. The molecule has 0 aromatic heterocycles. The molecule has 2 N–H and O–H groups in total. The Labute approximate surface area is 105 Å². The number of amides is 2. The lowest BCUT2D eigenvalue weighted by Crippen LogP contribution is -2.44. The molecule has 0 atom stereocenters. The van der Waals surface area contributed by atoms with Crippen molar-refractivity contribution in [3.8, 4) is 5.75 Å². The molecule has 1 fully saturated rings. The zero-order chi connectivity index (χ0) is 13.0. The smallest absolute Gasteiger partial charge is 0.276 e. The Morgan fingerprint density at radius 2 is 2.11 bits per heavy atom. The minimum Gasteiger partial charge on any atom is -0.484 e. The number of nitrogens with one attached hydrogen (secondary N) is 2. The maximum absolute atomic E-state index is 11.4. The van der Waals surface area contributed by atoms with Crippen molar-refractivity contribution in [2.45, 2.75) is 19.8 Å². The predicted molar refractivity (Wildman–Crippen MR) is 65.7 cm³/mol. The lowest BCUT2D eigenvalue weighted by atomic mass is 10.2. The van der Waals surface area contributed by atoms with E-state index < -0.39 is 0 Å². The van der Waals surface area contributed by atoms with Gasteiger partial charge < -0.3 is 4.74 Å². The summed E-state index contributed by atoms with van der Waals surface area (Å²) in [5.74, 6) is 0.214. The van der Waals surface area contributed by atoms with E-state index in [9.17, 15) is 9.59 Å². The van der Waals surface area contributed by atoms with Crippen molar-refractivity contribution in [3.63, 3.8) is 0 Å². The maximum atomic E-state index is 11.4. The summed E-state index contributed by atoms with van der Waals surface area (Å²) in [6.07, 6.45) is 1.81. The number of aryl methyl sites for hydroxylation is 1. The van der Waals surface area contributed by atoms with Gasteiger partial charge in [0.15, 0.2) is 6.61 Å². The fraction of sp³-hybridized carbons (Fsp3) is 0.385. The first kappa shape index (κ1) is 12.4. The Morgan fingerprint density at radius 1 is 1.33 bits per heavy atom. The van der Waals surface area contributed by atoms with Crippen molar-refractivity contribution < 1.29 is 14.3 Å². The molecule has 2 rings (SSSR count). The van der Waals surface area contributed by atoms with Crippen LogP contribution in [0.15, 0.2) is 24.3 Å². The number of hydrogen-bond acceptors (Lipinski definition) is 3. The van der Waals surface area contributed by atoms with Gasteiger partial charge in [0.25, 0.3) is 5.91 Å². The fourth-order valence-electron chi connectivity index (χ4n) is 1.47. The largest absolute Gasteiger partial charge is 0.484 e. The maximum Gasteiger partial charge on any atom is 0.276 e. The summed E-state index contributed by atoms with van der Waals surface area (Å²) in [6, 6.07) is 7.43. The fourth-order valence-corrected chi connectivity index (χ4v) is 1.47. The van der Waals surface area contributed by atoms with Gasteiger partial charge in [-0.05, 0) is 37.5 Å². The standard InChI is InChI=1S/C13H16N2O3/c1-9-3-2-4-11(7-9)18-8-12(16)14-15-13(17)10-5-6-10/h2-4,7,10H,5-6,8H2,1H3,(H,14,16)(H,15,17). The number of carbonyl (C=O) groups is 2. The second kappa shape index (κ2) is 5.53. The Morgan fingerprint density at radius 3 is 2.78 bits per heavy atom. The van der Waals surface area contributed by atoms with Gasteiger partial charge >= 0.3 is 0 Å². The Bertz CT molecular complexity index is 455. The average molecular weight is 248 g/mol. The highest BCUT2D eigenvalue weighted by Crippen LogP contribution is 2.28. The van der Waals surface area contributed by atoms with Gasteiger partial charge in [-0.1, -0.05) is 12.1 Å². The number of carbonyl (C=O) groups excluding carboxylic acids is 2. The van der Waals surface area contributed by atoms with Gasteiger partial charge in [-0.25, -0.2) is 0 Å². The molecule has 1 aromatic rings. The van der Waals surface area contributed by atoms with Gasteiger partial charge in [0.05, 0.1) is 0 Å². The van der Waals surface area contributed by atoms with E-state index in [0.29, 0.717) is 5.75 Å². The third kappa shape index (κ3) is 3.76. The molecule has 0 spiro atoms. The molecule has 0 saturated heterocycles. The van der Waals surface area contributed by atoms with Crippen LogP contribution >= 0.6 is 0 Å². The zero-order valence-electron chi connectivity index (χ0n) is 10.2. The van der Waals surface area contributed by atoms with Crippen LogP contribution < -0.4 is 15.6 Å². The Kier molecular flexibility index (Phi) is 3.82. The van der Waals surface area contributed by atoms with E-state index in [-0.39, 0.29) is 24.3 Å². The summed E-state index contributed by atoms with van der Waals surface area (Å²) in [5.41, 5.74) is 5.76. The van der Waals surface area contributed by atoms with E-state index in [0.717, 1.165) is 18.4 Å². The monoisotopic (exact) mass is 248 g/mol. The van der Waals surface area contributed by atoms with Crippen LogP contribution in [0.1, 0.15) is 18.4 Å². The molecule has 0 unspecified atom stereocenters. The molecule has 0 radical (unpaired) electrons. The molecule has 1 aliphatic rings. The minimum absolute atomic E-state index is 0.0722. The van der Waals surface area contributed by atoms with Crippen LogP contribution in [0.3, 0.4) is 0 Å². The lowest BCUT2D eigenvalue weighted by Gasteiger charge is -2.08. The van der Waals surface area contributed by atoms with Gasteiger partial charge in [-0.2, -0.15) is 0 Å². The summed E-state index contributed by atoms with van der Waals surface area (Å²) < 4.78 is 5.29. The van der Waals surface area contributed by atoms with Gasteiger partial charge in [0, 0.05) is 5.92 Å². The van der Waals surface area contributed by atoms with Crippen LogP contribution in [-0.4, -0.2) is 18.4 Å². The molecule has 0 heterocycles. The van der Waals surface area contributed by atoms with Crippen molar-refractivity contribution in [1.29, 1.82) is 0 Å². The minimum atomic E-state index is -0.370. The second-order valence-corrected chi connectivity index (χ2v) is 4.42. The second-order valence-electron chi connectivity index (χ2n) is 4.42. The topological polar surface area (TPSA) is 67.4 Å². The van der Waals surface area contributed by atoms with E-state index in [2.05, 4.69) is 10.9 Å². The van der Waals surface area contributed by atoms with Gasteiger partial charge in [-0.15, -0.1) is 0 Å². The molecular weight excluding hydrogens is 232 g/mol. The van der Waals surface area contributed by atoms with E-state index >= 15 is 0 Å². The predicted octanol–water partition coefficient (Wildman–Crippen LogP) is 0.931. The van der Waals surface area contributed by atoms with Gasteiger partial charge in [-0.3, -0.25) is 20.4 Å². The number of hydrogen-bond donors (Lipinski definition) is 2. The highest BCUT2D eigenvalue weighted by molar-refractivity contribution is 5.85. The van der Waals surface area contributed by atoms with Crippen LogP contribution in [0.5, 0.6) is 5.75 Å². The Hall–Kier alpha value is -2.04. The van der Waals surface area contributed by atoms with E-state index in [1.165, 1.54) is 0 Å². The van der Waals surface area contributed by atoms with Crippen molar-refractivity contribution in [2.24, 2.45) is 5.92 Å². The summed E-state index contributed by atoms with van der Waals surface area (Å²) in [5, 5.41) is 0. The van der Waals surface area contributed by atoms with E-state index in [4.69, 9.17) is 4.74 Å². The molecule has 5 heteroatoms. The first-order valence-electron chi connectivity index (χ1n) is 5.93. The van der Waals surface area contributed by atoms with Crippen LogP contribution in [0.4, 0.5) is 0 Å². The van der Waals surface area contributed by atoms with Crippen molar-refractivity contribution in [3.05, 3.63) is 29.8 Å². The highest BCUT2D eigenvalue weighted by Gasteiger charge is 2.29. The summed E-state index contributed by atoms with van der Waals surface area (Å²) >= 11 is 0. The summed E-state index contributed by atoms with van der Waals surface area (Å²) in [7, 11) is 0. The molecular formula is C13H16N2O3. The number of hydrazine groups is 1. The number of benzene rings is 1. The third-order valence-electron chi connectivity index (χ3n) is 2.63. The van der Waals surface area contributed by atoms with Crippen LogP contribution in [-0.2, 0) is 9.59 Å². The van der Waals surface area contributed by atoms with Crippen molar-refractivity contribution in [1.82, 2.24) is 10.9 Å². The summed E-state index contributed by atoms with van der Waals surface area (Å²) in [6.45, 7) is 1.83. The molecule has 96 valence electrons. The summed E-state index contributed by atoms with van der Waals surface area (Å²) in [4.78, 5) is 22.7. The lowest BCUT2D eigenvalue weighted by molar-refractivity contribution is -0.130. The molecule has 18 heavy (non-hydrogen) atoms. The SMILES string of the molecule is Cc1cccc(OCC(=O)NNC(=O)C2CC2)c1. The van der Waals surface area contributed by atoms with Crippen LogP contribution in [0.25, 0.3) is 0 Å². The first-order valence-corrected chi connectivity index (χ1v) is 5.93. The molecule has 2 amide bonds. The molecule has 0 aliphatic heterocycles. The third-order valence-corrected chi connectivity index (χ3v) is 2.63. The highest BCUT2D eigenvalue weighted by atomic mass is 16.5. The quantitative estimate of drug-likeness (QED) is 0.779. The molecule has 1 aromatic carbocycles. The normalized spacial score (nSPS) is 13.8. The van der Waals surface area contributed by atoms with E-state index in [1.54, 1.807) is 6.07 Å². The Balaban J connectivity index is 1.69. The number of ether oxygens (including phenoxy) is 1. The molecule has 1 saturated carbocycles. The van der Waals surface area contributed by atoms with Gasteiger partial charge in [0.1, 0.15) is 5.75 Å². The molecule has 5 nitrogen and oxygen atoms in total. The molecule has 1 aliphatic carbocycles. The van der Waals surface area contributed by atoms with Crippen LogP contribution in [0.2, 0.25) is 0 Å². The van der Waals surface area contributed by atoms with E-state index in [1.807, 2.05) is 25.1 Å². The zero-order valence-corrected chi connectivity index (χ0v) is 10.2. The van der Waals surface area contributed by atoms with Crippen molar-refractivity contribution in [2.75, 3.05) is 6.61 Å². The average Bonchev–Trinajstić information content (AvgIpc) is 3.17. The van der Waals surface area contributed by atoms with Gasteiger partial charge in [0.2, 0.25) is 5.91 Å².